The number of hydrogen-bond acceptors (Lipinski definition) is 4. The van der Waals surface area contributed by atoms with E-state index >= 15 is 0 Å². The molecule has 0 bridgehead atoms. The van der Waals surface area contributed by atoms with Crippen LogP contribution in [-0.4, -0.2) is 18.2 Å². The summed E-state index contributed by atoms with van der Waals surface area (Å²) in [6, 6.07) is 11.3. The third-order valence-corrected chi connectivity index (χ3v) is 4.00. The molecular formula is C10H10NO6PS. The van der Waals surface area contributed by atoms with E-state index in [4.69, 9.17) is 9.79 Å². The summed E-state index contributed by atoms with van der Waals surface area (Å²) >= 11 is 0. The van der Waals surface area contributed by atoms with Gasteiger partial charge in [0.05, 0.1) is 4.90 Å². The minimum Gasteiger partial charge on any atom is -0.302 e. The average molecular weight is 303 g/mol. The standard InChI is InChI=1S/C10H10NO6PS/c12-18(13,14)17-11-19(15,16)10-7-3-5-8-4-1-2-6-9(8)10/h1-7,11H,(H2,12,13,14). The molecule has 0 radical (unpaired) electrons. The molecule has 0 unspecified atom stereocenters. The first kappa shape index (κ1) is 14.1. The van der Waals surface area contributed by atoms with Crippen molar-refractivity contribution in [1.82, 2.24) is 4.89 Å². The van der Waals surface area contributed by atoms with Gasteiger partial charge in [-0.25, -0.2) is 13.0 Å². The van der Waals surface area contributed by atoms with Crippen LogP contribution < -0.4 is 4.89 Å². The van der Waals surface area contributed by atoms with Crippen LogP contribution in [0.3, 0.4) is 0 Å². The van der Waals surface area contributed by atoms with Gasteiger partial charge in [-0.2, -0.15) is 4.62 Å². The fourth-order valence-electron chi connectivity index (χ4n) is 1.57. The van der Waals surface area contributed by atoms with E-state index in [0.717, 1.165) is 0 Å². The van der Waals surface area contributed by atoms with Crippen molar-refractivity contribution < 1.29 is 27.4 Å². The van der Waals surface area contributed by atoms with E-state index in [1.807, 2.05) is 0 Å². The molecule has 0 spiro atoms. The second-order valence-electron chi connectivity index (χ2n) is 3.65. The van der Waals surface area contributed by atoms with Gasteiger partial charge in [-0.05, 0) is 11.5 Å². The zero-order valence-corrected chi connectivity index (χ0v) is 11.1. The zero-order valence-electron chi connectivity index (χ0n) is 9.42. The molecule has 2 aromatic rings. The van der Waals surface area contributed by atoms with Gasteiger partial charge in [0.25, 0.3) is 10.0 Å². The van der Waals surface area contributed by atoms with E-state index in [9.17, 15) is 13.0 Å². The first-order valence-electron chi connectivity index (χ1n) is 5.03. The second-order valence-corrected chi connectivity index (χ2v) is 6.42. The van der Waals surface area contributed by atoms with Crippen LogP contribution in [0.4, 0.5) is 0 Å². The Bertz CT molecular complexity index is 748. The molecule has 0 atom stereocenters. The number of sulfonamides is 1. The highest BCUT2D eigenvalue weighted by molar-refractivity contribution is 7.89. The first-order valence-corrected chi connectivity index (χ1v) is 8.05. The van der Waals surface area contributed by atoms with Crippen molar-refractivity contribution in [2.24, 2.45) is 0 Å². The van der Waals surface area contributed by atoms with Gasteiger partial charge < -0.3 is 9.79 Å². The lowest BCUT2D eigenvalue weighted by Gasteiger charge is -2.09. The number of rotatable bonds is 4. The first-order chi connectivity index (χ1) is 8.80. The van der Waals surface area contributed by atoms with Crippen LogP contribution in [0.1, 0.15) is 0 Å². The smallest absolute Gasteiger partial charge is 0.302 e. The highest BCUT2D eigenvalue weighted by atomic mass is 32.2. The largest absolute Gasteiger partial charge is 0.487 e. The Hall–Kier alpha value is -1.28. The lowest BCUT2D eigenvalue weighted by molar-refractivity contribution is 0.169. The van der Waals surface area contributed by atoms with E-state index in [-0.39, 0.29) is 4.90 Å². The molecule has 2 aromatic carbocycles. The Morgan fingerprint density at radius 1 is 1.05 bits per heavy atom. The highest BCUT2D eigenvalue weighted by Crippen LogP contribution is 2.35. The molecule has 9 heteroatoms. The molecule has 0 fully saturated rings. The molecule has 0 aromatic heterocycles. The topological polar surface area (TPSA) is 113 Å². The maximum Gasteiger partial charge on any atom is 0.487 e. The maximum absolute atomic E-state index is 11.9. The lowest BCUT2D eigenvalue weighted by Crippen LogP contribution is -2.23. The van der Waals surface area contributed by atoms with Crippen molar-refractivity contribution in [3.63, 3.8) is 0 Å². The van der Waals surface area contributed by atoms with Crippen molar-refractivity contribution in [3.8, 4) is 0 Å². The summed E-state index contributed by atoms with van der Waals surface area (Å²) < 4.78 is 38.2. The van der Waals surface area contributed by atoms with Crippen molar-refractivity contribution >= 4 is 28.6 Å². The molecule has 0 amide bonds. The molecule has 2 rings (SSSR count). The molecule has 0 aliphatic rings. The van der Waals surface area contributed by atoms with Crippen LogP contribution in [0.25, 0.3) is 10.8 Å². The fourth-order valence-corrected chi connectivity index (χ4v) is 3.18. The van der Waals surface area contributed by atoms with Gasteiger partial charge in [0.1, 0.15) is 0 Å². The molecule has 19 heavy (non-hydrogen) atoms. The van der Waals surface area contributed by atoms with Gasteiger partial charge in [-0.1, -0.05) is 41.3 Å². The Kier molecular flexibility index (Phi) is 3.73. The van der Waals surface area contributed by atoms with Crippen molar-refractivity contribution in [3.05, 3.63) is 42.5 Å². The normalized spacial score (nSPS) is 12.7. The van der Waals surface area contributed by atoms with Gasteiger partial charge >= 0.3 is 7.82 Å². The van der Waals surface area contributed by atoms with E-state index in [1.165, 1.54) is 17.0 Å². The lowest BCUT2D eigenvalue weighted by atomic mass is 10.1. The molecule has 0 aliphatic heterocycles. The molecule has 3 N–H and O–H groups in total. The molecule has 7 nitrogen and oxygen atoms in total. The highest BCUT2D eigenvalue weighted by Gasteiger charge is 2.23. The van der Waals surface area contributed by atoms with Gasteiger partial charge in [0.2, 0.25) is 0 Å². The van der Waals surface area contributed by atoms with Crippen molar-refractivity contribution in [2.45, 2.75) is 4.90 Å². The molecule has 0 saturated carbocycles. The SMILES string of the molecule is O=P(O)(O)ONS(=O)(=O)c1cccc2ccccc12. The maximum atomic E-state index is 11.9. The summed E-state index contributed by atoms with van der Waals surface area (Å²) in [4.78, 5) is 18.3. The number of hydrogen-bond donors (Lipinski definition) is 3. The summed E-state index contributed by atoms with van der Waals surface area (Å²) in [5.41, 5.74) is 0. The summed E-state index contributed by atoms with van der Waals surface area (Å²) in [7, 11) is -9.12. The molecular weight excluding hydrogens is 293 g/mol. The van der Waals surface area contributed by atoms with Crippen LogP contribution in [0.15, 0.2) is 47.4 Å². The van der Waals surface area contributed by atoms with Crippen LogP contribution >= 0.6 is 7.82 Å². The van der Waals surface area contributed by atoms with Gasteiger partial charge in [0.15, 0.2) is 0 Å². The molecule has 0 heterocycles. The van der Waals surface area contributed by atoms with Crippen LogP contribution in [-0.2, 0) is 19.2 Å². The van der Waals surface area contributed by atoms with Crippen LogP contribution in [0, 0.1) is 0 Å². The predicted molar refractivity (Wildman–Crippen MR) is 67.4 cm³/mol. The minimum atomic E-state index is -4.93. The third kappa shape index (κ3) is 3.38. The van der Waals surface area contributed by atoms with Gasteiger partial charge in [-0.15, -0.1) is 0 Å². The summed E-state index contributed by atoms with van der Waals surface area (Å²) in [5.74, 6) is 0. The Balaban J connectivity index is 2.46. The number of phosphoric acid groups is 1. The van der Waals surface area contributed by atoms with Gasteiger partial charge in [0, 0.05) is 5.39 Å². The fraction of sp³-hybridized carbons (Fsp3) is 0. The van der Waals surface area contributed by atoms with E-state index in [2.05, 4.69) is 4.62 Å². The van der Waals surface area contributed by atoms with Crippen LogP contribution in [0.5, 0.6) is 0 Å². The molecule has 0 aliphatic carbocycles. The zero-order chi connectivity index (χ0) is 14.1. The van der Waals surface area contributed by atoms with E-state index in [0.29, 0.717) is 10.8 Å². The second kappa shape index (κ2) is 5.01. The summed E-state index contributed by atoms with van der Waals surface area (Å²) in [6.07, 6.45) is 0. The monoisotopic (exact) mass is 303 g/mol. The Labute approximate surface area is 109 Å². The minimum absolute atomic E-state index is 0.126. The number of benzene rings is 2. The Morgan fingerprint density at radius 2 is 1.68 bits per heavy atom. The molecule has 0 saturated heterocycles. The summed E-state index contributed by atoms with van der Waals surface area (Å²) in [6.45, 7) is 0. The van der Waals surface area contributed by atoms with Crippen molar-refractivity contribution in [2.75, 3.05) is 0 Å². The van der Waals surface area contributed by atoms with Crippen LogP contribution in [0.2, 0.25) is 0 Å². The summed E-state index contributed by atoms with van der Waals surface area (Å²) in [5, 5.41) is 1.10. The third-order valence-electron chi connectivity index (χ3n) is 2.31. The van der Waals surface area contributed by atoms with Gasteiger partial charge in [-0.3, -0.25) is 0 Å². The van der Waals surface area contributed by atoms with Crippen molar-refractivity contribution in [1.29, 1.82) is 0 Å². The van der Waals surface area contributed by atoms with E-state index < -0.39 is 17.8 Å². The number of nitrogens with one attached hydrogen (secondary N) is 1. The van der Waals surface area contributed by atoms with E-state index in [1.54, 1.807) is 30.3 Å². The number of fused-ring (bicyclic) bond motifs is 1. The Morgan fingerprint density at radius 3 is 2.37 bits per heavy atom. The predicted octanol–water partition coefficient (Wildman–Crippen LogP) is 1.14. The quantitative estimate of drug-likeness (QED) is 0.576. The molecule has 102 valence electrons. The average Bonchev–Trinajstić information content (AvgIpc) is 2.35.